The Kier molecular flexibility index (Phi) is 5.29. The highest BCUT2D eigenvalue weighted by atomic mass is 35.5. The number of anilines is 1. The van der Waals surface area contributed by atoms with Gasteiger partial charge < -0.3 is 10.4 Å². The lowest BCUT2D eigenvalue weighted by atomic mass is 9.87. The molecule has 2 aromatic rings. The Labute approximate surface area is 149 Å². The zero-order chi connectivity index (χ0) is 17.2. The van der Waals surface area contributed by atoms with Gasteiger partial charge in [0.1, 0.15) is 0 Å². The lowest BCUT2D eigenvalue weighted by Gasteiger charge is -2.21. The van der Waals surface area contributed by atoms with E-state index in [2.05, 4.69) is 10.6 Å². The summed E-state index contributed by atoms with van der Waals surface area (Å²) < 4.78 is 0. The van der Waals surface area contributed by atoms with Gasteiger partial charge in [0.15, 0.2) is 10.9 Å². The molecule has 1 aromatic carbocycles. The van der Waals surface area contributed by atoms with Crippen molar-refractivity contribution in [1.82, 2.24) is 5.32 Å². The fourth-order valence-electron chi connectivity index (χ4n) is 1.85. The monoisotopic (exact) mass is 368 g/mol. The van der Waals surface area contributed by atoms with E-state index in [1.54, 1.807) is 24.3 Å². The molecular weight excluding hydrogens is 352 g/mol. The minimum Gasteiger partial charge on any atom is -0.504 e. The fraction of sp³-hybridized carbons (Fsp3) is 0.250. The lowest BCUT2D eigenvalue weighted by molar-refractivity contribution is 0.0981. The smallest absolute Gasteiger partial charge is 0.267 e. The molecule has 23 heavy (non-hydrogen) atoms. The number of aromatic hydroxyl groups is 1. The van der Waals surface area contributed by atoms with Gasteiger partial charge in [0, 0.05) is 0 Å². The van der Waals surface area contributed by atoms with E-state index in [0.717, 1.165) is 5.56 Å². The molecule has 0 aliphatic carbocycles. The molecule has 3 N–H and O–H groups in total. The molecule has 2 rings (SSSR count). The van der Waals surface area contributed by atoms with Gasteiger partial charge in [-0.1, -0.05) is 38.4 Å². The largest absolute Gasteiger partial charge is 0.504 e. The van der Waals surface area contributed by atoms with Crippen molar-refractivity contribution in [2.75, 3.05) is 5.32 Å². The number of carbonyl (C=O) groups excluding carboxylic acids is 1. The molecular formula is C16H17ClN2O2S2. The number of nitrogens with one attached hydrogen (secondary N) is 2. The van der Waals surface area contributed by atoms with Crippen LogP contribution in [0, 0.1) is 0 Å². The van der Waals surface area contributed by atoms with E-state index in [0.29, 0.717) is 10.6 Å². The molecule has 0 bridgehead atoms. The van der Waals surface area contributed by atoms with Gasteiger partial charge in [-0.05, 0) is 46.8 Å². The van der Waals surface area contributed by atoms with E-state index < -0.39 is 0 Å². The van der Waals surface area contributed by atoms with Crippen LogP contribution in [-0.2, 0) is 5.41 Å². The van der Waals surface area contributed by atoms with Crippen LogP contribution in [0.4, 0.5) is 5.69 Å². The molecule has 122 valence electrons. The van der Waals surface area contributed by atoms with Crippen LogP contribution in [0.1, 0.15) is 36.0 Å². The minimum absolute atomic E-state index is 0.0980. The Balaban J connectivity index is 2.17. The first-order chi connectivity index (χ1) is 10.7. The standard InChI is InChI=1S/C16H17ClN2O2S2/c1-16(2,3)9-7-10(17)13(20)11(8-9)18-15(22)19-14(21)12-5-4-6-23-12/h4-8,20H,1-3H3,(H2,18,19,21,22). The molecule has 0 saturated carbocycles. The van der Waals surface area contributed by atoms with Gasteiger partial charge in [-0.15, -0.1) is 11.3 Å². The summed E-state index contributed by atoms with van der Waals surface area (Å²) in [6, 6.07) is 6.98. The van der Waals surface area contributed by atoms with Crippen LogP contribution >= 0.6 is 35.2 Å². The van der Waals surface area contributed by atoms with Crippen molar-refractivity contribution in [3.8, 4) is 5.75 Å². The maximum atomic E-state index is 12.0. The van der Waals surface area contributed by atoms with Crippen LogP contribution in [0.3, 0.4) is 0 Å². The number of rotatable bonds is 2. The van der Waals surface area contributed by atoms with Crippen molar-refractivity contribution in [3.63, 3.8) is 0 Å². The Morgan fingerprint density at radius 3 is 2.61 bits per heavy atom. The number of benzene rings is 1. The van der Waals surface area contributed by atoms with Crippen LogP contribution in [0.15, 0.2) is 29.6 Å². The van der Waals surface area contributed by atoms with Crippen molar-refractivity contribution in [2.24, 2.45) is 0 Å². The highest BCUT2D eigenvalue weighted by Crippen LogP contribution is 2.37. The first kappa shape index (κ1) is 17.7. The number of halogens is 1. The third-order valence-corrected chi connectivity index (χ3v) is 4.51. The first-order valence-electron chi connectivity index (χ1n) is 6.87. The number of carbonyl (C=O) groups is 1. The summed E-state index contributed by atoms with van der Waals surface area (Å²) in [5.74, 6) is -0.401. The van der Waals surface area contributed by atoms with Gasteiger partial charge in [0.25, 0.3) is 5.91 Å². The molecule has 0 fully saturated rings. The van der Waals surface area contributed by atoms with Crippen molar-refractivity contribution in [2.45, 2.75) is 26.2 Å². The lowest BCUT2D eigenvalue weighted by Crippen LogP contribution is -2.33. The number of thiophene rings is 1. The van der Waals surface area contributed by atoms with Gasteiger partial charge >= 0.3 is 0 Å². The molecule has 0 aliphatic rings. The Morgan fingerprint density at radius 1 is 1.35 bits per heavy atom. The Morgan fingerprint density at radius 2 is 2.04 bits per heavy atom. The maximum Gasteiger partial charge on any atom is 0.267 e. The molecule has 1 amide bonds. The molecule has 0 spiro atoms. The van der Waals surface area contributed by atoms with Crippen molar-refractivity contribution >= 4 is 51.9 Å². The van der Waals surface area contributed by atoms with Gasteiger partial charge in [0.2, 0.25) is 0 Å². The van der Waals surface area contributed by atoms with E-state index in [4.69, 9.17) is 23.8 Å². The van der Waals surface area contributed by atoms with Crippen molar-refractivity contribution in [3.05, 3.63) is 45.1 Å². The molecule has 7 heteroatoms. The van der Waals surface area contributed by atoms with E-state index >= 15 is 0 Å². The quantitative estimate of drug-likeness (QED) is 0.538. The number of phenolic OH excluding ortho intramolecular Hbond substituents is 1. The van der Waals surface area contributed by atoms with Crippen molar-refractivity contribution in [1.29, 1.82) is 0 Å². The molecule has 0 saturated heterocycles. The highest BCUT2D eigenvalue weighted by molar-refractivity contribution is 7.80. The molecule has 0 atom stereocenters. The molecule has 0 radical (unpaired) electrons. The molecule has 4 nitrogen and oxygen atoms in total. The van der Waals surface area contributed by atoms with Crippen LogP contribution in [0.2, 0.25) is 5.02 Å². The number of phenols is 1. The first-order valence-corrected chi connectivity index (χ1v) is 8.54. The summed E-state index contributed by atoms with van der Waals surface area (Å²) in [5.41, 5.74) is 1.16. The van der Waals surface area contributed by atoms with E-state index in [1.165, 1.54) is 11.3 Å². The zero-order valence-electron chi connectivity index (χ0n) is 12.9. The zero-order valence-corrected chi connectivity index (χ0v) is 15.3. The van der Waals surface area contributed by atoms with Crippen LogP contribution in [-0.4, -0.2) is 16.1 Å². The summed E-state index contributed by atoms with van der Waals surface area (Å²) in [4.78, 5) is 12.5. The summed E-state index contributed by atoms with van der Waals surface area (Å²) >= 11 is 12.5. The molecule has 0 aliphatic heterocycles. The normalized spacial score (nSPS) is 11.1. The number of thiocarbonyl (C=S) groups is 1. The second-order valence-corrected chi connectivity index (χ2v) is 7.75. The second kappa shape index (κ2) is 6.86. The number of hydrogen-bond acceptors (Lipinski definition) is 4. The molecule has 1 heterocycles. The third kappa shape index (κ3) is 4.43. The number of hydrogen-bond donors (Lipinski definition) is 3. The topological polar surface area (TPSA) is 61.4 Å². The predicted molar refractivity (Wildman–Crippen MR) is 99.8 cm³/mol. The molecule has 0 unspecified atom stereocenters. The summed E-state index contributed by atoms with van der Waals surface area (Å²) in [6.45, 7) is 6.11. The summed E-state index contributed by atoms with van der Waals surface area (Å²) in [5, 5.41) is 17.6. The Bertz CT molecular complexity index is 737. The second-order valence-electron chi connectivity index (χ2n) is 5.99. The van der Waals surface area contributed by atoms with E-state index in [-0.39, 0.29) is 27.2 Å². The van der Waals surface area contributed by atoms with Gasteiger partial charge in [-0.3, -0.25) is 10.1 Å². The third-order valence-electron chi connectivity index (χ3n) is 3.15. The summed E-state index contributed by atoms with van der Waals surface area (Å²) in [7, 11) is 0. The fourth-order valence-corrected chi connectivity index (χ4v) is 2.89. The van der Waals surface area contributed by atoms with Crippen LogP contribution in [0.25, 0.3) is 0 Å². The van der Waals surface area contributed by atoms with Gasteiger partial charge in [-0.25, -0.2) is 0 Å². The van der Waals surface area contributed by atoms with Crippen LogP contribution < -0.4 is 10.6 Å². The minimum atomic E-state index is -0.296. The maximum absolute atomic E-state index is 12.0. The van der Waals surface area contributed by atoms with Crippen molar-refractivity contribution < 1.29 is 9.90 Å². The SMILES string of the molecule is CC(C)(C)c1cc(Cl)c(O)c(NC(=S)NC(=O)c2cccs2)c1. The van der Waals surface area contributed by atoms with E-state index in [1.807, 2.05) is 26.2 Å². The predicted octanol–water partition coefficient (Wildman–Crippen LogP) is 4.53. The number of amides is 1. The average molecular weight is 369 g/mol. The molecule has 1 aromatic heterocycles. The summed E-state index contributed by atoms with van der Waals surface area (Å²) in [6.07, 6.45) is 0. The van der Waals surface area contributed by atoms with Crippen LogP contribution in [0.5, 0.6) is 5.75 Å². The highest BCUT2D eigenvalue weighted by Gasteiger charge is 2.19. The Hall–Kier alpha value is -1.63. The van der Waals surface area contributed by atoms with Gasteiger partial charge in [0.05, 0.1) is 15.6 Å². The average Bonchev–Trinajstić information content (AvgIpc) is 2.96. The van der Waals surface area contributed by atoms with Gasteiger partial charge in [-0.2, -0.15) is 0 Å². The van der Waals surface area contributed by atoms with E-state index in [9.17, 15) is 9.90 Å².